The summed E-state index contributed by atoms with van der Waals surface area (Å²) in [5, 5.41) is 0. The number of carbonyl (C=O) groups excluding carboxylic acids is 2. The summed E-state index contributed by atoms with van der Waals surface area (Å²) in [5.41, 5.74) is 6.92. The molecule has 2 aromatic carbocycles. The minimum atomic E-state index is -0.841. The normalized spacial score (nSPS) is 11.7. The van der Waals surface area contributed by atoms with Crippen LogP contribution in [-0.4, -0.2) is 17.9 Å². The summed E-state index contributed by atoms with van der Waals surface area (Å²) in [6, 6.07) is 15.2. The van der Waals surface area contributed by atoms with Crippen molar-refractivity contribution in [1.82, 2.24) is 0 Å². The largest absolute Gasteiger partial charge is 0.451 e. The van der Waals surface area contributed by atoms with E-state index < -0.39 is 12.1 Å². The number of hydrogen-bond acceptors (Lipinski definition) is 4. The van der Waals surface area contributed by atoms with Crippen molar-refractivity contribution in [3.63, 3.8) is 0 Å². The van der Waals surface area contributed by atoms with Crippen LogP contribution in [0.2, 0.25) is 0 Å². The summed E-state index contributed by atoms with van der Waals surface area (Å²) in [6.07, 6.45) is -0.841. The van der Waals surface area contributed by atoms with E-state index in [0.717, 1.165) is 0 Å². The van der Waals surface area contributed by atoms with Gasteiger partial charge in [0, 0.05) is 11.3 Å². The van der Waals surface area contributed by atoms with E-state index in [1.165, 1.54) is 6.07 Å². The molecule has 2 rings (SSSR count). The number of ketones is 1. The minimum Gasteiger partial charge on any atom is -0.451 e. The molecule has 2 aromatic rings. The van der Waals surface area contributed by atoms with Crippen molar-refractivity contribution in [2.24, 2.45) is 0 Å². The van der Waals surface area contributed by atoms with Gasteiger partial charge in [-0.05, 0) is 25.1 Å². The summed E-state index contributed by atoms with van der Waals surface area (Å²) in [7, 11) is 0. The van der Waals surface area contributed by atoms with Crippen LogP contribution in [0.15, 0.2) is 54.6 Å². The predicted octanol–water partition coefficient (Wildman–Crippen LogP) is 2.70. The third-order valence-corrected chi connectivity index (χ3v) is 2.83. The van der Waals surface area contributed by atoms with Crippen LogP contribution in [0.3, 0.4) is 0 Å². The maximum absolute atomic E-state index is 12.1. The third kappa shape index (κ3) is 3.23. The molecule has 4 heteroatoms. The topological polar surface area (TPSA) is 69.4 Å². The fraction of sp³-hybridized carbons (Fsp3) is 0.125. The lowest BCUT2D eigenvalue weighted by atomic mass is 10.1. The fourth-order valence-corrected chi connectivity index (χ4v) is 1.78. The number of nitrogens with two attached hydrogens (primary N) is 1. The number of Topliss-reactive ketones (excluding diaryl/α,β-unsaturated/α-hetero) is 1. The highest BCUT2D eigenvalue weighted by atomic mass is 16.5. The Bertz CT molecular complexity index is 623. The number of benzene rings is 2. The van der Waals surface area contributed by atoms with Gasteiger partial charge < -0.3 is 10.5 Å². The van der Waals surface area contributed by atoms with Crippen LogP contribution in [-0.2, 0) is 4.74 Å². The molecule has 0 saturated heterocycles. The molecule has 2 N–H and O–H groups in total. The van der Waals surface area contributed by atoms with Crippen molar-refractivity contribution < 1.29 is 14.3 Å². The first kappa shape index (κ1) is 13.8. The molecule has 0 aliphatic rings. The number of anilines is 1. The Labute approximate surface area is 117 Å². The van der Waals surface area contributed by atoms with E-state index in [4.69, 9.17) is 10.5 Å². The molecule has 0 aromatic heterocycles. The van der Waals surface area contributed by atoms with Gasteiger partial charge >= 0.3 is 5.97 Å². The number of hydrogen-bond donors (Lipinski definition) is 1. The van der Waals surface area contributed by atoms with E-state index in [1.54, 1.807) is 49.4 Å². The third-order valence-electron chi connectivity index (χ3n) is 2.83. The van der Waals surface area contributed by atoms with E-state index in [1.807, 2.05) is 6.07 Å². The van der Waals surface area contributed by atoms with Crippen LogP contribution in [0.1, 0.15) is 27.6 Å². The molecule has 0 bridgehead atoms. The molecule has 0 fully saturated rings. The van der Waals surface area contributed by atoms with Gasteiger partial charge in [-0.3, -0.25) is 4.79 Å². The summed E-state index contributed by atoms with van der Waals surface area (Å²) >= 11 is 0. The Hall–Kier alpha value is -2.62. The molecule has 20 heavy (non-hydrogen) atoms. The first-order chi connectivity index (χ1) is 9.58. The smallest absolute Gasteiger partial charge is 0.338 e. The monoisotopic (exact) mass is 269 g/mol. The SMILES string of the molecule is CC(OC(=O)c1cccc(N)c1)C(=O)c1ccccc1. The second-order valence-electron chi connectivity index (χ2n) is 4.40. The standard InChI is InChI=1S/C16H15NO3/c1-11(15(18)12-6-3-2-4-7-12)20-16(19)13-8-5-9-14(17)10-13/h2-11H,17H2,1H3. The van der Waals surface area contributed by atoms with E-state index in [2.05, 4.69) is 0 Å². The van der Waals surface area contributed by atoms with Gasteiger partial charge in [-0.2, -0.15) is 0 Å². The zero-order chi connectivity index (χ0) is 14.5. The van der Waals surface area contributed by atoms with E-state index in [-0.39, 0.29) is 5.78 Å². The van der Waals surface area contributed by atoms with Gasteiger partial charge in [-0.15, -0.1) is 0 Å². The summed E-state index contributed by atoms with van der Waals surface area (Å²) < 4.78 is 5.16. The number of carbonyl (C=O) groups is 2. The average molecular weight is 269 g/mol. The molecule has 0 spiro atoms. The summed E-state index contributed by atoms with van der Waals surface area (Å²) in [6.45, 7) is 1.56. The van der Waals surface area contributed by atoms with Crippen molar-refractivity contribution in [2.45, 2.75) is 13.0 Å². The summed E-state index contributed by atoms with van der Waals surface area (Å²) in [5.74, 6) is -0.795. The average Bonchev–Trinajstić information content (AvgIpc) is 2.47. The molecule has 0 aliphatic carbocycles. The maximum atomic E-state index is 12.1. The first-order valence-corrected chi connectivity index (χ1v) is 6.23. The Balaban J connectivity index is 2.06. The van der Waals surface area contributed by atoms with E-state index in [9.17, 15) is 9.59 Å². The molecule has 0 amide bonds. The highest BCUT2D eigenvalue weighted by molar-refractivity contribution is 6.01. The van der Waals surface area contributed by atoms with Gasteiger partial charge in [0.15, 0.2) is 6.10 Å². The fourth-order valence-electron chi connectivity index (χ4n) is 1.78. The van der Waals surface area contributed by atoms with Crippen LogP contribution in [0.25, 0.3) is 0 Å². The van der Waals surface area contributed by atoms with Crippen molar-refractivity contribution in [2.75, 3.05) is 5.73 Å². The molecule has 1 atom stereocenters. The minimum absolute atomic E-state index is 0.233. The molecule has 1 unspecified atom stereocenters. The summed E-state index contributed by atoms with van der Waals surface area (Å²) in [4.78, 5) is 24.0. The number of rotatable bonds is 4. The van der Waals surface area contributed by atoms with Crippen LogP contribution < -0.4 is 5.73 Å². The second-order valence-corrected chi connectivity index (χ2v) is 4.40. The first-order valence-electron chi connectivity index (χ1n) is 6.23. The Morgan fingerprint density at radius 2 is 1.65 bits per heavy atom. The molecule has 0 saturated carbocycles. The van der Waals surface area contributed by atoms with Gasteiger partial charge in [0.25, 0.3) is 0 Å². The quantitative estimate of drug-likeness (QED) is 0.526. The van der Waals surface area contributed by atoms with Crippen LogP contribution in [0.4, 0.5) is 5.69 Å². The van der Waals surface area contributed by atoms with Crippen molar-refractivity contribution in [3.8, 4) is 0 Å². The molecular formula is C16H15NO3. The van der Waals surface area contributed by atoms with Crippen LogP contribution in [0.5, 0.6) is 0 Å². The number of ether oxygens (including phenoxy) is 1. The van der Waals surface area contributed by atoms with Crippen LogP contribution >= 0.6 is 0 Å². The van der Waals surface area contributed by atoms with Gasteiger partial charge in [0.2, 0.25) is 5.78 Å². The van der Waals surface area contributed by atoms with Gasteiger partial charge in [-0.25, -0.2) is 4.79 Å². The maximum Gasteiger partial charge on any atom is 0.338 e. The zero-order valence-corrected chi connectivity index (χ0v) is 11.1. The highest BCUT2D eigenvalue weighted by Gasteiger charge is 2.20. The Morgan fingerprint density at radius 3 is 2.30 bits per heavy atom. The van der Waals surface area contributed by atoms with Crippen LogP contribution in [0, 0.1) is 0 Å². The second kappa shape index (κ2) is 6.02. The molecule has 0 aliphatic heterocycles. The Kier molecular flexibility index (Phi) is 4.15. The lowest BCUT2D eigenvalue weighted by Gasteiger charge is -2.12. The highest BCUT2D eigenvalue weighted by Crippen LogP contribution is 2.11. The molecule has 0 heterocycles. The van der Waals surface area contributed by atoms with E-state index >= 15 is 0 Å². The molecule has 0 radical (unpaired) electrons. The molecular weight excluding hydrogens is 254 g/mol. The van der Waals surface area contributed by atoms with Crippen molar-refractivity contribution in [1.29, 1.82) is 0 Å². The Morgan fingerprint density at radius 1 is 1.00 bits per heavy atom. The predicted molar refractivity (Wildman–Crippen MR) is 76.5 cm³/mol. The van der Waals surface area contributed by atoms with Gasteiger partial charge in [-0.1, -0.05) is 36.4 Å². The molecule has 4 nitrogen and oxygen atoms in total. The van der Waals surface area contributed by atoms with E-state index in [0.29, 0.717) is 16.8 Å². The van der Waals surface area contributed by atoms with Crippen molar-refractivity contribution in [3.05, 3.63) is 65.7 Å². The zero-order valence-electron chi connectivity index (χ0n) is 11.1. The lowest BCUT2D eigenvalue weighted by Crippen LogP contribution is -2.24. The molecule has 102 valence electrons. The lowest BCUT2D eigenvalue weighted by molar-refractivity contribution is 0.0319. The number of nitrogen functional groups attached to an aromatic ring is 1. The van der Waals surface area contributed by atoms with Crippen molar-refractivity contribution >= 4 is 17.4 Å². The van der Waals surface area contributed by atoms with Gasteiger partial charge in [0.1, 0.15) is 0 Å². The van der Waals surface area contributed by atoms with Gasteiger partial charge in [0.05, 0.1) is 5.56 Å². The number of esters is 1.